The second-order valence-electron chi connectivity index (χ2n) is 2.43. The molecule has 1 rings (SSSR count). The molecule has 2 N–H and O–H groups in total. The number of carbonyl (C=O) groups excluding carboxylic acids is 1. The summed E-state index contributed by atoms with van der Waals surface area (Å²) in [7, 11) is 1.38. The van der Waals surface area contributed by atoms with E-state index in [-0.39, 0.29) is 12.1 Å². The van der Waals surface area contributed by atoms with E-state index in [4.69, 9.17) is 0 Å². The number of hydrogen-bond acceptors (Lipinski definition) is 4. The predicted octanol–water partition coefficient (Wildman–Crippen LogP) is -0.418. The van der Waals surface area contributed by atoms with Crippen LogP contribution in [-0.4, -0.2) is 25.8 Å². The Labute approximate surface area is 65.6 Å². The molecule has 0 amide bonds. The number of hydrogen-bond donors (Lipinski definition) is 2. The molecule has 0 fully saturated rings. The summed E-state index contributed by atoms with van der Waals surface area (Å²) in [6.45, 7) is 2.55. The van der Waals surface area contributed by atoms with Crippen molar-refractivity contribution >= 4 is 5.97 Å². The van der Waals surface area contributed by atoms with Crippen LogP contribution in [0.1, 0.15) is 6.92 Å². The van der Waals surface area contributed by atoms with Crippen LogP contribution >= 0.6 is 0 Å². The minimum atomic E-state index is -0.281. The highest BCUT2D eigenvalue weighted by molar-refractivity contribution is 5.88. The summed E-state index contributed by atoms with van der Waals surface area (Å²) in [4.78, 5) is 10.9. The molecule has 0 aromatic heterocycles. The highest BCUT2D eigenvalue weighted by Crippen LogP contribution is 1.98. The molecular weight excluding hydrogens is 144 g/mol. The normalized spacial score (nSPS) is 23.5. The standard InChI is InChI=1S/C7H12N2O2/c1-5-8-3-6(4-9-5)7(10)11-2/h3,5,8-9H,4H2,1-2H3. The second kappa shape index (κ2) is 3.39. The zero-order chi connectivity index (χ0) is 8.27. The fourth-order valence-electron chi connectivity index (χ4n) is 0.861. The van der Waals surface area contributed by atoms with Crippen molar-refractivity contribution in [3.63, 3.8) is 0 Å². The highest BCUT2D eigenvalue weighted by atomic mass is 16.5. The number of nitrogens with one attached hydrogen (secondary N) is 2. The third-order valence-corrected chi connectivity index (χ3v) is 1.55. The van der Waals surface area contributed by atoms with Crippen LogP contribution in [0, 0.1) is 0 Å². The van der Waals surface area contributed by atoms with Gasteiger partial charge in [-0.2, -0.15) is 0 Å². The first-order chi connectivity index (χ1) is 5.24. The summed E-state index contributed by atoms with van der Waals surface area (Å²) >= 11 is 0. The Hall–Kier alpha value is -1.03. The van der Waals surface area contributed by atoms with E-state index >= 15 is 0 Å². The van der Waals surface area contributed by atoms with Gasteiger partial charge in [0.25, 0.3) is 0 Å². The van der Waals surface area contributed by atoms with Gasteiger partial charge < -0.3 is 10.1 Å². The Bertz CT molecular complexity index is 189. The van der Waals surface area contributed by atoms with E-state index in [2.05, 4.69) is 15.4 Å². The molecule has 0 aromatic carbocycles. The minimum absolute atomic E-state index is 0.225. The number of esters is 1. The summed E-state index contributed by atoms with van der Waals surface area (Å²) in [5.41, 5.74) is 0.630. The largest absolute Gasteiger partial charge is 0.466 e. The molecule has 62 valence electrons. The van der Waals surface area contributed by atoms with Crippen molar-refractivity contribution in [2.45, 2.75) is 13.1 Å². The molecule has 1 aliphatic heterocycles. The maximum absolute atomic E-state index is 10.9. The second-order valence-corrected chi connectivity index (χ2v) is 2.43. The first-order valence-electron chi connectivity index (χ1n) is 3.51. The molecule has 4 heteroatoms. The van der Waals surface area contributed by atoms with Gasteiger partial charge >= 0.3 is 5.97 Å². The summed E-state index contributed by atoms with van der Waals surface area (Å²) in [6, 6.07) is 0. The van der Waals surface area contributed by atoms with Crippen LogP contribution in [-0.2, 0) is 9.53 Å². The molecule has 0 spiro atoms. The number of methoxy groups -OCH3 is 1. The Morgan fingerprint density at radius 3 is 3.00 bits per heavy atom. The molecule has 0 aliphatic carbocycles. The van der Waals surface area contributed by atoms with Gasteiger partial charge in [0.05, 0.1) is 18.8 Å². The molecule has 0 aromatic rings. The average Bonchev–Trinajstić information content (AvgIpc) is 2.05. The van der Waals surface area contributed by atoms with Gasteiger partial charge in [-0.25, -0.2) is 4.79 Å². The molecule has 1 unspecified atom stereocenters. The van der Waals surface area contributed by atoms with Gasteiger partial charge in [-0.05, 0) is 6.92 Å². The molecule has 1 aliphatic rings. The Morgan fingerprint density at radius 2 is 2.55 bits per heavy atom. The Kier molecular flexibility index (Phi) is 2.48. The van der Waals surface area contributed by atoms with Crippen molar-refractivity contribution in [3.8, 4) is 0 Å². The quantitative estimate of drug-likeness (QED) is 0.506. The van der Waals surface area contributed by atoms with Crippen LogP contribution in [0.4, 0.5) is 0 Å². The van der Waals surface area contributed by atoms with E-state index in [0.29, 0.717) is 12.1 Å². The Morgan fingerprint density at radius 1 is 1.82 bits per heavy atom. The molecule has 1 heterocycles. The lowest BCUT2D eigenvalue weighted by atomic mass is 10.2. The van der Waals surface area contributed by atoms with Gasteiger partial charge in [0, 0.05) is 12.7 Å². The lowest BCUT2D eigenvalue weighted by molar-refractivity contribution is -0.136. The topological polar surface area (TPSA) is 50.4 Å². The van der Waals surface area contributed by atoms with E-state index < -0.39 is 0 Å². The molecule has 11 heavy (non-hydrogen) atoms. The maximum atomic E-state index is 10.9. The molecule has 4 nitrogen and oxygen atoms in total. The number of carbonyl (C=O) groups is 1. The van der Waals surface area contributed by atoms with Gasteiger partial charge in [-0.15, -0.1) is 0 Å². The van der Waals surface area contributed by atoms with Crippen molar-refractivity contribution in [2.24, 2.45) is 0 Å². The lowest BCUT2D eigenvalue weighted by Crippen LogP contribution is -2.43. The molecular formula is C7H12N2O2. The summed E-state index contributed by atoms with van der Waals surface area (Å²) in [5, 5.41) is 6.04. The maximum Gasteiger partial charge on any atom is 0.336 e. The van der Waals surface area contributed by atoms with E-state index in [1.165, 1.54) is 7.11 Å². The van der Waals surface area contributed by atoms with Gasteiger partial charge in [0.15, 0.2) is 0 Å². The van der Waals surface area contributed by atoms with Crippen molar-refractivity contribution < 1.29 is 9.53 Å². The van der Waals surface area contributed by atoms with Crippen molar-refractivity contribution in [1.29, 1.82) is 0 Å². The first kappa shape index (κ1) is 8.07. The Balaban J connectivity index is 2.54. The van der Waals surface area contributed by atoms with Gasteiger partial charge in [0.2, 0.25) is 0 Å². The fraction of sp³-hybridized carbons (Fsp3) is 0.571. The van der Waals surface area contributed by atoms with E-state index in [9.17, 15) is 4.79 Å². The van der Waals surface area contributed by atoms with Crippen LogP contribution in [0.15, 0.2) is 11.8 Å². The summed E-state index contributed by atoms with van der Waals surface area (Å²) in [5.74, 6) is -0.281. The van der Waals surface area contributed by atoms with Gasteiger partial charge in [-0.1, -0.05) is 0 Å². The van der Waals surface area contributed by atoms with E-state index in [1.54, 1.807) is 6.20 Å². The number of ether oxygens (including phenoxy) is 1. The predicted molar refractivity (Wildman–Crippen MR) is 40.7 cm³/mol. The summed E-state index contributed by atoms with van der Waals surface area (Å²) in [6.07, 6.45) is 1.91. The lowest BCUT2D eigenvalue weighted by Gasteiger charge is -2.20. The van der Waals surface area contributed by atoms with Crippen molar-refractivity contribution in [1.82, 2.24) is 10.6 Å². The van der Waals surface area contributed by atoms with E-state index in [1.807, 2.05) is 6.92 Å². The monoisotopic (exact) mass is 156 g/mol. The molecule has 0 bridgehead atoms. The van der Waals surface area contributed by atoms with Crippen molar-refractivity contribution in [2.75, 3.05) is 13.7 Å². The van der Waals surface area contributed by atoms with Crippen molar-refractivity contribution in [3.05, 3.63) is 11.8 Å². The van der Waals surface area contributed by atoms with Gasteiger partial charge in [-0.3, -0.25) is 5.32 Å². The zero-order valence-electron chi connectivity index (χ0n) is 6.68. The van der Waals surface area contributed by atoms with Crippen LogP contribution in [0.5, 0.6) is 0 Å². The fourth-order valence-corrected chi connectivity index (χ4v) is 0.861. The SMILES string of the molecule is COC(=O)C1=CNC(C)NC1. The third kappa shape index (κ3) is 1.94. The smallest absolute Gasteiger partial charge is 0.336 e. The molecule has 1 atom stereocenters. The minimum Gasteiger partial charge on any atom is -0.466 e. The van der Waals surface area contributed by atoms with E-state index in [0.717, 1.165) is 0 Å². The molecule has 0 saturated heterocycles. The first-order valence-corrected chi connectivity index (χ1v) is 3.51. The highest BCUT2D eigenvalue weighted by Gasteiger charge is 2.14. The van der Waals surface area contributed by atoms with Crippen LogP contribution in [0.3, 0.4) is 0 Å². The molecule has 0 saturated carbocycles. The number of rotatable bonds is 1. The zero-order valence-corrected chi connectivity index (χ0v) is 6.68. The third-order valence-electron chi connectivity index (χ3n) is 1.55. The summed E-state index contributed by atoms with van der Waals surface area (Å²) < 4.78 is 4.54. The van der Waals surface area contributed by atoms with Crippen LogP contribution < -0.4 is 10.6 Å². The molecule has 0 radical (unpaired) electrons. The van der Waals surface area contributed by atoms with Crippen LogP contribution in [0.25, 0.3) is 0 Å². The van der Waals surface area contributed by atoms with Crippen LogP contribution in [0.2, 0.25) is 0 Å². The average molecular weight is 156 g/mol. The van der Waals surface area contributed by atoms with Gasteiger partial charge in [0.1, 0.15) is 0 Å².